The van der Waals surface area contributed by atoms with Crippen LogP contribution in [0.4, 0.5) is 18.9 Å². The van der Waals surface area contributed by atoms with Gasteiger partial charge in [0.1, 0.15) is 0 Å². The summed E-state index contributed by atoms with van der Waals surface area (Å²) in [5.41, 5.74) is -0.445. The molecule has 1 N–H and O–H groups in total. The number of likely N-dealkylation sites (N-methyl/N-ethyl adjacent to an activating group) is 1. The number of halogens is 3. The third kappa shape index (κ3) is 6.23. The van der Waals surface area contributed by atoms with E-state index < -0.39 is 29.0 Å². The first-order chi connectivity index (χ1) is 12.6. The molecule has 0 bridgehead atoms. The van der Waals surface area contributed by atoms with E-state index >= 15 is 0 Å². The average molecular weight is 387 g/mol. The fraction of sp³-hybridized carbons (Fsp3) is 0.579. The van der Waals surface area contributed by atoms with Gasteiger partial charge in [0.15, 0.2) is 17.5 Å². The fourth-order valence-electron chi connectivity index (χ4n) is 2.75. The molecule has 0 aliphatic heterocycles. The van der Waals surface area contributed by atoms with Crippen molar-refractivity contribution < 1.29 is 22.8 Å². The first-order valence-corrected chi connectivity index (χ1v) is 9.05. The first kappa shape index (κ1) is 23.0. The molecule has 0 spiro atoms. The van der Waals surface area contributed by atoms with E-state index in [1.54, 1.807) is 7.05 Å². The summed E-state index contributed by atoms with van der Waals surface area (Å²) in [6, 6.07) is 1.83. The molecule has 1 rings (SSSR count). The maximum atomic E-state index is 13.6. The third-order valence-electron chi connectivity index (χ3n) is 4.55. The number of hydrogen-bond donors (Lipinski definition) is 1. The van der Waals surface area contributed by atoms with Crippen LogP contribution in [0.15, 0.2) is 12.1 Å². The summed E-state index contributed by atoms with van der Waals surface area (Å²) < 4.78 is 39.8. The van der Waals surface area contributed by atoms with Crippen molar-refractivity contribution in [2.24, 2.45) is 0 Å². The Labute approximate surface area is 158 Å². The molecule has 152 valence electrons. The normalized spacial score (nSPS) is 13.4. The Morgan fingerprint density at radius 2 is 1.56 bits per heavy atom. The maximum absolute atomic E-state index is 13.6. The van der Waals surface area contributed by atoms with Crippen molar-refractivity contribution in [1.82, 2.24) is 9.80 Å². The third-order valence-corrected chi connectivity index (χ3v) is 4.55. The number of nitrogens with zero attached hydrogens (tertiary/aromatic N) is 2. The van der Waals surface area contributed by atoms with Gasteiger partial charge >= 0.3 is 0 Å². The van der Waals surface area contributed by atoms with Crippen molar-refractivity contribution in [3.8, 4) is 0 Å². The molecule has 2 atom stereocenters. The highest BCUT2D eigenvalue weighted by Crippen LogP contribution is 2.19. The lowest BCUT2D eigenvalue weighted by molar-refractivity contribution is -0.136. The summed E-state index contributed by atoms with van der Waals surface area (Å²) >= 11 is 0. The van der Waals surface area contributed by atoms with Crippen molar-refractivity contribution in [3.05, 3.63) is 29.6 Å². The van der Waals surface area contributed by atoms with Gasteiger partial charge in [-0.3, -0.25) is 14.5 Å². The molecule has 1 aromatic rings. The quantitative estimate of drug-likeness (QED) is 0.661. The van der Waals surface area contributed by atoms with Gasteiger partial charge in [0.05, 0.1) is 18.8 Å². The molecule has 0 radical (unpaired) electrons. The smallest absolute Gasteiger partial charge is 0.238 e. The van der Waals surface area contributed by atoms with Crippen LogP contribution >= 0.6 is 0 Å². The van der Waals surface area contributed by atoms with Gasteiger partial charge in [0.2, 0.25) is 11.8 Å². The molecule has 0 aromatic heterocycles. The van der Waals surface area contributed by atoms with Gasteiger partial charge in [-0.15, -0.1) is 0 Å². The zero-order valence-electron chi connectivity index (χ0n) is 16.5. The zero-order chi connectivity index (χ0) is 20.7. The second kappa shape index (κ2) is 10.3. The van der Waals surface area contributed by atoms with Gasteiger partial charge in [-0.2, -0.15) is 0 Å². The number of carbonyl (C=O) groups is 2. The van der Waals surface area contributed by atoms with Crippen LogP contribution in [0.25, 0.3) is 0 Å². The van der Waals surface area contributed by atoms with Gasteiger partial charge in [-0.1, -0.05) is 13.8 Å². The Morgan fingerprint density at radius 3 is 2.07 bits per heavy atom. The van der Waals surface area contributed by atoms with Crippen molar-refractivity contribution in [1.29, 1.82) is 0 Å². The maximum Gasteiger partial charge on any atom is 0.238 e. The molecule has 0 saturated heterocycles. The Hall–Kier alpha value is -2.09. The highest BCUT2D eigenvalue weighted by Gasteiger charge is 2.25. The van der Waals surface area contributed by atoms with Crippen LogP contribution in [0.3, 0.4) is 0 Å². The SMILES string of the molecule is CC[C@H](C)N(C(=O)CN(C)CC(=O)Nc1ccc(F)c(F)c1F)[C@@H](C)CC. The van der Waals surface area contributed by atoms with E-state index in [4.69, 9.17) is 0 Å². The van der Waals surface area contributed by atoms with Crippen LogP contribution in [0.5, 0.6) is 0 Å². The zero-order valence-corrected chi connectivity index (χ0v) is 16.5. The summed E-state index contributed by atoms with van der Waals surface area (Å²) in [4.78, 5) is 28.0. The summed E-state index contributed by atoms with van der Waals surface area (Å²) in [7, 11) is 1.59. The van der Waals surface area contributed by atoms with Gasteiger partial charge in [-0.05, 0) is 45.9 Å². The molecule has 27 heavy (non-hydrogen) atoms. The van der Waals surface area contributed by atoms with Crippen LogP contribution in [-0.4, -0.2) is 53.8 Å². The summed E-state index contributed by atoms with van der Waals surface area (Å²) in [5.74, 6) is -5.17. The summed E-state index contributed by atoms with van der Waals surface area (Å²) in [5, 5.41) is 2.19. The molecule has 0 fully saturated rings. The van der Waals surface area contributed by atoms with Crippen LogP contribution in [0.2, 0.25) is 0 Å². The Bertz CT molecular complexity index is 660. The van der Waals surface area contributed by atoms with Crippen LogP contribution < -0.4 is 5.32 Å². The lowest BCUT2D eigenvalue weighted by Crippen LogP contribution is -2.49. The Balaban J connectivity index is 2.70. The minimum atomic E-state index is -1.64. The highest BCUT2D eigenvalue weighted by atomic mass is 19.2. The van der Waals surface area contributed by atoms with Gasteiger partial charge in [0.25, 0.3) is 0 Å². The second-order valence-electron chi connectivity index (χ2n) is 6.76. The minimum absolute atomic E-state index is 0.0162. The predicted molar refractivity (Wildman–Crippen MR) is 98.8 cm³/mol. The lowest BCUT2D eigenvalue weighted by Gasteiger charge is -2.35. The molecule has 0 aliphatic carbocycles. The first-order valence-electron chi connectivity index (χ1n) is 9.05. The fourth-order valence-corrected chi connectivity index (χ4v) is 2.75. The van der Waals surface area contributed by atoms with E-state index in [-0.39, 0.29) is 31.1 Å². The number of hydrogen-bond acceptors (Lipinski definition) is 3. The molecule has 0 aliphatic rings. The van der Waals surface area contributed by atoms with E-state index in [1.165, 1.54) is 4.90 Å². The molecule has 0 saturated carbocycles. The second-order valence-corrected chi connectivity index (χ2v) is 6.76. The van der Waals surface area contributed by atoms with E-state index in [1.807, 2.05) is 32.6 Å². The number of rotatable bonds is 9. The van der Waals surface area contributed by atoms with Crippen molar-refractivity contribution in [3.63, 3.8) is 0 Å². The van der Waals surface area contributed by atoms with E-state index in [2.05, 4.69) is 5.32 Å². The van der Waals surface area contributed by atoms with E-state index in [0.717, 1.165) is 25.0 Å². The number of carbonyl (C=O) groups excluding carboxylic acids is 2. The molecule has 2 amide bonds. The Morgan fingerprint density at radius 1 is 1.00 bits per heavy atom. The van der Waals surface area contributed by atoms with E-state index in [0.29, 0.717) is 0 Å². The number of amides is 2. The molecule has 0 unspecified atom stereocenters. The molecular formula is C19H28F3N3O2. The number of nitrogens with one attached hydrogen (secondary N) is 1. The molecule has 8 heteroatoms. The van der Waals surface area contributed by atoms with Crippen molar-refractivity contribution in [2.75, 3.05) is 25.5 Å². The van der Waals surface area contributed by atoms with Crippen molar-refractivity contribution >= 4 is 17.5 Å². The van der Waals surface area contributed by atoms with E-state index in [9.17, 15) is 22.8 Å². The number of benzene rings is 1. The molecule has 5 nitrogen and oxygen atoms in total. The van der Waals surface area contributed by atoms with Crippen LogP contribution in [0.1, 0.15) is 40.5 Å². The summed E-state index contributed by atoms with van der Waals surface area (Å²) in [6.07, 6.45) is 1.63. The van der Waals surface area contributed by atoms with Gasteiger partial charge in [-0.25, -0.2) is 13.2 Å². The standard InChI is InChI=1S/C19H28F3N3O2/c1-6-12(3)25(13(4)7-2)17(27)11-24(5)10-16(26)23-15-9-8-14(20)18(21)19(15)22/h8-9,12-13H,6-7,10-11H2,1-5H3,(H,23,26)/t12-,13-/m0/s1. The number of anilines is 1. The predicted octanol–water partition coefficient (Wildman–Crippen LogP) is 3.40. The molecular weight excluding hydrogens is 359 g/mol. The van der Waals surface area contributed by atoms with Crippen LogP contribution in [0, 0.1) is 17.5 Å². The van der Waals surface area contributed by atoms with Crippen molar-refractivity contribution in [2.45, 2.75) is 52.6 Å². The largest absolute Gasteiger partial charge is 0.336 e. The molecule has 1 aromatic carbocycles. The average Bonchev–Trinajstić information content (AvgIpc) is 2.61. The lowest BCUT2D eigenvalue weighted by atomic mass is 10.1. The van der Waals surface area contributed by atoms with Crippen LogP contribution in [-0.2, 0) is 9.59 Å². The monoisotopic (exact) mass is 387 g/mol. The Kier molecular flexibility index (Phi) is 8.75. The van der Waals surface area contributed by atoms with Gasteiger partial charge < -0.3 is 10.2 Å². The minimum Gasteiger partial charge on any atom is -0.336 e. The summed E-state index contributed by atoms with van der Waals surface area (Å²) in [6.45, 7) is 7.77. The highest BCUT2D eigenvalue weighted by molar-refractivity contribution is 5.92. The topological polar surface area (TPSA) is 52.7 Å². The molecule has 0 heterocycles. The van der Waals surface area contributed by atoms with Gasteiger partial charge in [0, 0.05) is 12.1 Å².